The number of carbonyl (C=O) groups excluding carboxylic acids is 1. The van der Waals surface area contributed by atoms with Crippen molar-refractivity contribution in [2.75, 3.05) is 0 Å². The molecular formula is C16H13NO3. The van der Waals surface area contributed by atoms with Gasteiger partial charge in [-0.05, 0) is 24.3 Å². The first-order valence-corrected chi connectivity index (χ1v) is 6.21. The van der Waals surface area contributed by atoms with Gasteiger partial charge >= 0.3 is 5.97 Å². The lowest BCUT2D eigenvalue weighted by Crippen LogP contribution is -2.04. The summed E-state index contributed by atoms with van der Waals surface area (Å²) in [6, 6.07) is 6.46. The fraction of sp³-hybridized carbons (Fsp3) is 0.188. The molecule has 0 amide bonds. The predicted molar refractivity (Wildman–Crippen MR) is 75.9 cm³/mol. The second-order valence-electron chi connectivity index (χ2n) is 4.30. The van der Waals surface area contributed by atoms with Crippen LogP contribution < -0.4 is 0 Å². The fourth-order valence-electron chi connectivity index (χ4n) is 1.85. The normalized spacial score (nSPS) is 9.90. The van der Waals surface area contributed by atoms with E-state index in [9.17, 15) is 14.7 Å². The monoisotopic (exact) mass is 267 g/mol. The maximum Gasteiger partial charge on any atom is 0.336 e. The Kier molecular flexibility index (Phi) is 3.81. The van der Waals surface area contributed by atoms with Gasteiger partial charge in [0.25, 0.3) is 0 Å². The van der Waals surface area contributed by atoms with Gasteiger partial charge in [0.05, 0.1) is 11.1 Å². The van der Waals surface area contributed by atoms with Gasteiger partial charge in [0.1, 0.15) is 5.69 Å². The topological polar surface area (TPSA) is 67.3 Å². The standard InChI is InChI=1S/C16H13NO3/c1-3-4-5-11-6-7-14-12(8-11)13(16(19)20)9-15(17-14)10(2)18/h6-9H,3H2,1-2H3,(H,19,20). The molecule has 1 N–H and O–H groups in total. The quantitative estimate of drug-likeness (QED) is 0.671. The number of hydrogen-bond donors (Lipinski definition) is 1. The number of fused-ring (bicyclic) bond motifs is 1. The van der Waals surface area contributed by atoms with Gasteiger partial charge in [-0.2, -0.15) is 0 Å². The number of hydrogen-bond acceptors (Lipinski definition) is 3. The van der Waals surface area contributed by atoms with E-state index in [2.05, 4.69) is 16.8 Å². The number of aromatic carboxylic acids is 1. The highest BCUT2D eigenvalue weighted by atomic mass is 16.4. The summed E-state index contributed by atoms with van der Waals surface area (Å²) >= 11 is 0. The SMILES string of the molecule is CCC#Cc1ccc2nc(C(C)=O)cc(C(=O)O)c2c1. The van der Waals surface area contributed by atoms with E-state index in [4.69, 9.17) is 0 Å². The van der Waals surface area contributed by atoms with Gasteiger partial charge < -0.3 is 5.11 Å². The summed E-state index contributed by atoms with van der Waals surface area (Å²) < 4.78 is 0. The predicted octanol–water partition coefficient (Wildman–Crippen LogP) is 2.90. The van der Waals surface area contributed by atoms with Gasteiger partial charge in [0.2, 0.25) is 0 Å². The number of aromatic nitrogens is 1. The zero-order chi connectivity index (χ0) is 14.7. The Morgan fingerprint density at radius 2 is 2.05 bits per heavy atom. The first kappa shape index (κ1) is 13.8. The van der Waals surface area contributed by atoms with Gasteiger partial charge in [0, 0.05) is 24.3 Å². The number of carboxylic acids is 1. The van der Waals surface area contributed by atoms with Crippen LogP contribution in [-0.4, -0.2) is 21.8 Å². The molecule has 0 spiro atoms. The van der Waals surface area contributed by atoms with Gasteiger partial charge in [-0.1, -0.05) is 18.8 Å². The molecule has 2 rings (SSSR count). The first-order chi connectivity index (χ1) is 9.52. The average molecular weight is 267 g/mol. The van der Waals surface area contributed by atoms with E-state index in [0.717, 1.165) is 12.0 Å². The van der Waals surface area contributed by atoms with E-state index in [-0.39, 0.29) is 17.0 Å². The lowest BCUT2D eigenvalue weighted by atomic mass is 10.0. The summed E-state index contributed by atoms with van der Waals surface area (Å²) in [5.41, 5.74) is 1.44. The van der Waals surface area contributed by atoms with Crippen molar-refractivity contribution < 1.29 is 14.7 Å². The van der Waals surface area contributed by atoms with Crippen molar-refractivity contribution in [2.45, 2.75) is 20.3 Å². The Balaban J connectivity index is 2.73. The van der Waals surface area contributed by atoms with Crippen molar-refractivity contribution in [3.8, 4) is 11.8 Å². The van der Waals surface area contributed by atoms with E-state index < -0.39 is 5.97 Å². The molecule has 0 atom stereocenters. The van der Waals surface area contributed by atoms with E-state index >= 15 is 0 Å². The molecule has 0 radical (unpaired) electrons. The van der Waals surface area contributed by atoms with Crippen LogP contribution in [0.2, 0.25) is 0 Å². The molecule has 0 aliphatic carbocycles. The molecular weight excluding hydrogens is 254 g/mol. The summed E-state index contributed by atoms with van der Waals surface area (Å²) in [5.74, 6) is 4.55. The molecule has 0 aliphatic rings. The van der Waals surface area contributed by atoms with Crippen LogP contribution in [0.5, 0.6) is 0 Å². The molecule has 20 heavy (non-hydrogen) atoms. The summed E-state index contributed by atoms with van der Waals surface area (Å²) in [4.78, 5) is 26.9. The Morgan fingerprint density at radius 3 is 2.65 bits per heavy atom. The second-order valence-corrected chi connectivity index (χ2v) is 4.30. The van der Waals surface area contributed by atoms with Crippen LogP contribution in [0.1, 0.15) is 46.7 Å². The highest BCUT2D eigenvalue weighted by molar-refractivity contribution is 6.06. The van der Waals surface area contributed by atoms with Crippen LogP contribution in [0.25, 0.3) is 10.9 Å². The van der Waals surface area contributed by atoms with Crippen molar-refractivity contribution in [2.24, 2.45) is 0 Å². The van der Waals surface area contributed by atoms with E-state index in [0.29, 0.717) is 10.9 Å². The van der Waals surface area contributed by atoms with Gasteiger partial charge in [-0.15, -0.1) is 0 Å². The summed E-state index contributed by atoms with van der Waals surface area (Å²) in [6.07, 6.45) is 0.728. The third-order valence-electron chi connectivity index (χ3n) is 2.81. The molecule has 0 fully saturated rings. The van der Waals surface area contributed by atoms with E-state index in [1.165, 1.54) is 13.0 Å². The molecule has 0 bridgehead atoms. The largest absolute Gasteiger partial charge is 0.478 e. The molecule has 0 saturated heterocycles. The van der Waals surface area contributed by atoms with Crippen LogP contribution in [0.15, 0.2) is 24.3 Å². The zero-order valence-electron chi connectivity index (χ0n) is 11.2. The van der Waals surface area contributed by atoms with Crippen LogP contribution in [-0.2, 0) is 0 Å². The zero-order valence-corrected chi connectivity index (χ0v) is 11.2. The highest BCUT2D eigenvalue weighted by Crippen LogP contribution is 2.20. The maximum atomic E-state index is 11.4. The molecule has 0 saturated carbocycles. The van der Waals surface area contributed by atoms with Crippen LogP contribution in [0.3, 0.4) is 0 Å². The minimum atomic E-state index is -1.08. The lowest BCUT2D eigenvalue weighted by molar-refractivity contribution is 0.0699. The minimum Gasteiger partial charge on any atom is -0.478 e. The molecule has 0 unspecified atom stereocenters. The van der Waals surface area contributed by atoms with Crippen molar-refractivity contribution in [1.29, 1.82) is 0 Å². The molecule has 1 heterocycles. The van der Waals surface area contributed by atoms with E-state index in [1.807, 2.05) is 6.92 Å². The van der Waals surface area contributed by atoms with E-state index in [1.54, 1.807) is 18.2 Å². The summed E-state index contributed by atoms with van der Waals surface area (Å²) in [6.45, 7) is 3.30. The first-order valence-electron chi connectivity index (χ1n) is 6.21. The third-order valence-corrected chi connectivity index (χ3v) is 2.81. The molecule has 0 aliphatic heterocycles. The Labute approximate surface area is 116 Å². The molecule has 100 valence electrons. The molecule has 2 aromatic rings. The summed E-state index contributed by atoms with van der Waals surface area (Å²) in [7, 11) is 0. The maximum absolute atomic E-state index is 11.4. The number of pyridine rings is 1. The highest BCUT2D eigenvalue weighted by Gasteiger charge is 2.14. The second kappa shape index (κ2) is 5.54. The number of carboxylic acid groups (broad SMARTS) is 1. The van der Waals surface area contributed by atoms with Crippen LogP contribution >= 0.6 is 0 Å². The number of ketones is 1. The summed E-state index contributed by atoms with van der Waals surface area (Å²) in [5, 5.41) is 9.77. The smallest absolute Gasteiger partial charge is 0.336 e. The molecule has 1 aromatic heterocycles. The van der Waals surface area contributed by atoms with Crippen molar-refractivity contribution in [1.82, 2.24) is 4.98 Å². The minimum absolute atomic E-state index is 0.0698. The Morgan fingerprint density at radius 1 is 1.30 bits per heavy atom. The van der Waals surface area contributed by atoms with Crippen molar-refractivity contribution in [3.05, 3.63) is 41.1 Å². The average Bonchev–Trinajstić information content (AvgIpc) is 2.43. The Hall–Kier alpha value is -2.67. The van der Waals surface area contributed by atoms with Crippen molar-refractivity contribution >= 4 is 22.7 Å². The van der Waals surface area contributed by atoms with Crippen LogP contribution in [0, 0.1) is 11.8 Å². The van der Waals surface area contributed by atoms with Crippen molar-refractivity contribution in [3.63, 3.8) is 0 Å². The number of nitrogens with zero attached hydrogens (tertiary/aromatic N) is 1. The third kappa shape index (κ3) is 2.67. The number of Topliss-reactive ketones (excluding diaryl/α,β-unsaturated/α-hetero) is 1. The van der Waals surface area contributed by atoms with Crippen LogP contribution in [0.4, 0.5) is 0 Å². The number of carbonyl (C=O) groups is 2. The van der Waals surface area contributed by atoms with Gasteiger partial charge in [0.15, 0.2) is 5.78 Å². The van der Waals surface area contributed by atoms with Gasteiger partial charge in [-0.3, -0.25) is 4.79 Å². The molecule has 4 nitrogen and oxygen atoms in total. The Bertz CT molecular complexity index is 766. The number of benzene rings is 1. The lowest BCUT2D eigenvalue weighted by Gasteiger charge is -2.05. The number of rotatable bonds is 2. The molecule has 4 heteroatoms. The molecule has 1 aromatic carbocycles. The fourth-order valence-corrected chi connectivity index (χ4v) is 1.85. The van der Waals surface area contributed by atoms with Gasteiger partial charge in [-0.25, -0.2) is 9.78 Å².